The number of fused-ring (bicyclic) bond motifs is 1. The van der Waals surface area contributed by atoms with Gasteiger partial charge >= 0.3 is 0 Å². The van der Waals surface area contributed by atoms with Crippen molar-refractivity contribution in [2.45, 2.75) is 32.1 Å². The van der Waals surface area contributed by atoms with Crippen molar-refractivity contribution in [3.05, 3.63) is 23.4 Å². The second-order valence-corrected chi connectivity index (χ2v) is 3.90. The second kappa shape index (κ2) is 4.91. The topological polar surface area (TPSA) is 42.0 Å². The van der Waals surface area contributed by atoms with E-state index in [0.717, 1.165) is 43.6 Å². The average molecular weight is 204 g/mol. The highest BCUT2D eigenvalue weighted by Gasteiger charge is 2.09. The van der Waals surface area contributed by atoms with Crippen LogP contribution in [0.1, 0.15) is 30.5 Å². The Balaban J connectivity index is 2.03. The van der Waals surface area contributed by atoms with E-state index in [9.17, 15) is 4.79 Å². The van der Waals surface area contributed by atoms with Gasteiger partial charge in [0.2, 0.25) is 0 Å². The van der Waals surface area contributed by atoms with Crippen LogP contribution in [-0.2, 0) is 17.6 Å². The van der Waals surface area contributed by atoms with Crippen molar-refractivity contribution in [2.75, 3.05) is 11.9 Å². The molecule has 2 heterocycles. The molecule has 0 unspecified atom stereocenters. The van der Waals surface area contributed by atoms with Crippen LogP contribution in [0.4, 0.5) is 5.82 Å². The van der Waals surface area contributed by atoms with Crippen LogP contribution >= 0.6 is 0 Å². The molecule has 0 saturated heterocycles. The van der Waals surface area contributed by atoms with Crippen molar-refractivity contribution >= 4 is 12.1 Å². The number of carbonyl (C=O) groups is 1. The molecule has 3 nitrogen and oxygen atoms in total. The zero-order chi connectivity index (χ0) is 10.5. The van der Waals surface area contributed by atoms with Gasteiger partial charge in [0.25, 0.3) is 0 Å². The predicted molar refractivity (Wildman–Crippen MR) is 60.0 cm³/mol. The molecule has 1 aliphatic heterocycles. The molecular weight excluding hydrogens is 188 g/mol. The lowest BCUT2D eigenvalue weighted by Gasteiger charge is -2.17. The minimum atomic E-state index is 0.631. The van der Waals surface area contributed by atoms with Gasteiger partial charge in [0.1, 0.15) is 12.1 Å². The first-order valence-electron chi connectivity index (χ1n) is 5.56. The highest BCUT2D eigenvalue weighted by molar-refractivity contribution is 5.49. The van der Waals surface area contributed by atoms with Crippen molar-refractivity contribution in [3.63, 3.8) is 0 Å². The molecule has 80 valence electrons. The molecule has 15 heavy (non-hydrogen) atoms. The van der Waals surface area contributed by atoms with Gasteiger partial charge in [0.05, 0.1) is 0 Å². The summed E-state index contributed by atoms with van der Waals surface area (Å²) in [5.74, 6) is 1.05. The minimum absolute atomic E-state index is 0.631. The van der Waals surface area contributed by atoms with Crippen molar-refractivity contribution in [1.82, 2.24) is 4.98 Å². The molecule has 2 rings (SSSR count). The van der Waals surface area contributed by atoms with E-state index in [0.29, 0.717) is 6.42 Å². The summed E-state index contributed by atoms with van der Waals surface area (Å²) in [4.78, 5) is 14.8. The molecule has 1 aromatic rings. The fourth-order valence-electron chi connectivity index (χ4n) is 1.87. The van der Waals surface area contributed by atoms with E-state index in [1.165, 1.54) is 12.0 Å². The van der Waals surface area contributed by atoms with Crippen LogP contribution in [0.15, 0.2) is 12.1 Å². The maximum Gasteiger partial charge on any atom is 0.129 e. The lowest BCUT2D eigenvalue weighted by molar-refractivity contribution is -0.107. The molecule has 0 radical (unpaired) electrons. The number of carbonyl (C=O) groups excluding carboxylic acids is 1. The number of pyridine rings is 1. The zero-order valence-electron chi connectivity index (χ0n) is 8.83. The average Bonchev–Trinajstić information content (AvgIpc) is 2.29. The van der Waals surface area contributed by atoms with Gasteiger partial charge in [-0.3, -0.25) is 0 Å². The van der Waals surface area contributed by atoms with Crippen LogP contribution in [0.2, 0.25) is 0 Å². The van der Waals surface area contributed by atoms with Crippen molar-refractivity contribution in [2.24, 2.45) is 0 Å². The van der Waals surface area contributed by atoms with E-state index >= 15 is 0 Å². The van der Waals surface area contributed by atoms with Crippen LogP contribution in [0, 0.1) is 0 Å². The SMILES string of the molecule is O=CCCCc1ccc2c(n1)NCCC2. The summed E-state index contributed by atoms with van der Waals surface area (Å²) in [5.41, 5.74) is 2.41. The Labute approximate surface area is 89.9 Å². The molecule has 0 amide bonds. The molecule has 0 aliphatic carbocycles. The van der Waals surface area contributed by atoms with E-state index in [2.05, 4.69) is 22.4 Å². The summed E-state index contributed by atoms with van der Waals surface area (Å²) < 4.78 is 0. The number of nitrogens with zero attached hydrogens (tertiary/aromatic N) is 1. The van der Waals surface area contributed by atoms with E-state index in [1.807, 2.05) is 0 Å². The Hall–Kier alpha value is -1.38. The summed E-state index contributed by atoms with van der Waals surface area (Å²) in [6, 6.07) is 4.24. The van der Waals surface area contributed by atoms with Crippen LogP contribution in [0.3, 0.4) is 0 Å². The molecule has 3 heteroatoms. The Kier molecular flexibility index (Phi) is 3.33. The van der Waals surface area contributed by atoms with Crippen LogP contribution < -0.4 is 5.32 Å². The largest absolute Gasteiger partial charge is 0.370 e. The number of unbranched alkanes of at least 4 members (excludes halogenated alkanes) is 1. The monoisotopic (exact) mass is 204 g/mol. The maximum absolute atomic E-state index is 10.2. The molecule has 0 aromatic carbocycles. The first-order valence-corrected chi connectivity index (χ1v) is 5.56. The van der Waals surface area contributed by atoms with Gasteiger partial charge in [-0.25, -0.2) is 4.98 Å². The molecule has 0 saturated carbocycles. The predicted octanol–water partition coefficient (Wildman–Crippen LogP) is 1.96. The highest BCUT2D eigenvalue weighted by Crippen LogP contribution is 2.20. The number of aromatic nitrogens is 1. The number of nitrogens with one attached hydrogen (secondary N) is 1. The number of aryl methyl sites for hydroxylation is 2. The lowest BCUT2D eigenvalue weighted by atomic mass is 10.1. The number of hydrogen-bond acceptors (Lipinski definition) is 3. The van der Waals surface area contributed by atoms with Crippen molar-refractivity contribution in [1.29, 1.82) is 0 Å². The first kappa shape index (κ1) is 10.1. The third-order valence-corrected chi connectivity index (χ3v) is 2.71. The van der Waals surface area contributed by atoms with Gasteiger partial charge in [-0.1, -0.05) is 6.07 Å². The Morgan fingerprint density at radius 3 is 3.27 bits per heavy atom. The van der Waals surface area contributed by atoms with E-state index in [4.69, 9.17) is 0 Å². The molecular formula is C12H16N2O. The Morgan fingerprint density at radius 2 is 2.40 bits per heavy atom. The molecule has 0 spiro atoms. The normalized spacial score (nSPS) is 14.1. The van der Waals surface area contributed by atoms with Gasteiger partial charge in [-0.05, 0) is 37.3 Å². The molecule has 1 aromatic heterocycles. The number of hydrogen-bond donors (Lipinski definition) is 1. The fourth-order valence-corrected chi connectivity index (χ4v) is 1.87. The van der Waals surface area contributed by atoms with E-state index in [1.54, 1.807) is 0 Å². The first-order chi connectivity index (χ1) is 7.40. The Morgan fingerprint density at radius 1 is 1.47 bits per heavy atom. The molecule has 0 bridgehead atoms. The minimum Gasteiger partial charge on any atom is -0.370 e. The van der Waals surface area contributed by atoms with Crippen molar-refractivity contribution < 1.29 is 4.79 Å². The summed E-state index contributed by atoms with van der Waals surface area (Å²) in [6.45, 7) is 1.03. The molecule has 0 fully saturated rings. The lowest BCUT2D eigenvalue weighted by Crippen LogP contribution is -2.13. The zero-order valence-corrected chi connectivity index (χ0v) is 8.83. The third kappa shape index (κ3) is 2.55. The molecule has 0 atom stereocenters. The fraction of sp³-hybridized carbons (Fsp3) is 0.500. The van der Waals surface area contributed by atoms with Gasteiger partial charge in [-0.2, -0.15) is 0 Å². The van der Waals surface area contributed by atoms with Crippen LogP contribution in [0.5, 0.6) is 0 Å². The van der Waals surface area contributed by atoms with Gasteiger partial charge < -0.3 is 10.1 Å². The summed E-state index contributed by atoms with van der Waals surface area (Å²) in [7, 11) is 0. The third-order valence-electron chi connectivity index (χ3n) is 2.71. The summed E-state index contributed by atoms with van der Waals surface area (Å²) in [5, 5.41) is 3.31. The molecule has 1 aliphatic rings. The number of aldehydes is 1. The highest BCUT2D eigenvalue weighted by atomic mass is 16.1. The van der Waals surface area contributed by atoms with Crippen LogP contribution in [0.25, 0.3) is 0 Å². The number of anilines is 1. The summed E-state index contributed by atoms with van der Waals surface area (Å²) in [6.07, 6.45) is 5.72. The van der Waals surface area contributed by atoms with Crippen molar-refractivity contribution in [3.8, 4) is 0 Å². The maximum atomic E-state index is 10.2. The quantitative estimate of drug-likeness (QED) is 0.602. The second-order valence-electron chi connectivity index (χ2n) is 3.90. The van der Waals surface area contributed by atoms with E-state index in [-0.39, 0.29) is 0 Å². The van der Waals surface area contributed by atoms with Gasteiger partial charge in [-0.15, -0.1) is 0 Å². The molecule has 1 N–H and O–H groups in total. The van der Waals surface area contributed by atoms with Gasteiger partial charge in [0.15, 0.2) is 0 Å². The Bertz CT molecular complexity index is 349. The smallest absolute Gasteiger partial charge is 0.129 e. The van der Waals surface area contributed by atoms with E-state index < -0.39 is 0 Å². The van der Waals surface area contributed by atoms with Gasteiger partial charge in [0, 0.05) is 18.7 Å². The summed E-state index contributed by atoms with van der Waals surface area (Å²) >= 11 is 0. The standard InChI is InChI=1S/C12H16N2O/c15-9-2-1-5-11-7-6-10-4-3-8-13-12(10)14-11/h6-7,9H,1-5,8H2,(H,13,14). The number of rotatable bonds is 4. The van der Waals surface area contributed by atoms with Crippen LogP contribution in [-0.4, -0.2) is 17.8 Å².